The molecule has 0 spiro atoms. The van der Waals surface area contributed by atoms with Gasteiger partial charge in [0.05, 0.1) is 18.8 Å². The number of piperazine rings is 1. The minimum atomic E-state index is -3.56. The van der Waals surface area contributed by atoms with Gasteiger partial charge in [-0.25, -0.2) is 0 Å². The zero-order valence-electron chi connectivity index (χ0n) is 17.5. The summed E-state index contributed by atoms with van der Waals surface area (Å²) in [4.78, 5) is 14.6. The predicted molar refractivity (Wildman–Crippen MR) is 115 cm³/mol. The summed E-state index contributed by atoms with van der Waals surface area (Å²) in [7, 11) is -3.56. The fourth-order valence-electron chi connectivity index (χ4n) is 3.72. The smallest absolute Gasteiger partial charge is 0.288 e. The second-order valence-corrected chi connectivity index (χ2v) is 10.7. The van der Waals surface area contributed by atoms with Gasteiger partial charge >= 0.3 is 0 Å². The predicted octanol–water partition coefficient (Wildman–Crippen LogP) is 1.91. The lowest BCUT2D eigenvalue weighted by atomic mass is 10.3. The number of anilines is 1. The van der Waals surface area contributed by atoms with Gasteiger partial charge in [0.2, 0.25) is 5.91 Å². The van der Waals surface area contributed by atoms with Crippen LogP contribution in [0, 0.1) is 0 Å². The van der Waals surface area contributed by atoms with Crippen LogP contribution in [0.3, 0.4) is 0 Å². The maximum absolute atomic E-state index is 12.9. The number of morpholine rings is 1. The van der Waals surface area contributed by atoms with Crippen molar-refractivity contribution in [2.45, 2.75) is 36.7 Å². The number of thioether (sulfide) groups is 1. The van der Waals surface area contributed by atoms with E-state index in [1.807, 2.05) is 18.7 Å². The third kappa shape index (κ3) is 6.83. The van der Waals surface area contributed by atoms with Crippen molar-refractivity contribution < 1.29 is 26.7 Å². The zero-order valence-corrected chi connectivity index (χ0v) is 19.2. The number of amides is 1. The number of alkyl halides is 2. The van der Waals surface area contributed by atoms with Crippen LogP contribution in [0.15, 0.2) is 29.2 Å². The molecule has 2 aliphatic heterocycles. The first-order valence-corrected chi connectivity index (χ1v) is 12.4. The number of hydrogen-bond donors (Lipinski definition) is 1. The summed E-state index contributed by atoms with van der Waals surface area (Å²) in [5.41, 5.74) is 0.528. The number of nitrogens with zero attached hydrogens (tertiary/aromatic N) is 3. The summed E-state index contributed by atoms with van der Waals surface area (Å²) in [6, 6.07) is 6.22. The van der Waals surface area contributed by atoms with Gasteiger partial charge in [-0.1, -0.05) is 11.8 Å². The lowest BCUT2D eigenvalue weighted by Crippen LogP contribution is -2.57. The van der Waals surface area contributed by atoms with E-state index in [4.69, 9.17) is 4.74 Å². The fraction of sp³-hybridized carbons (Fsp3) is 0.632. The van der Waals surface area contributed by atoms with E-state index >= 15 is 0 Å². The Hall–Kier alpha value is -1.31. The lowest BCUT2D eigenvalue weighted by Gasteiger charge is -2.40. The first-order valence-electron chi connectivity index (χ1n) is 10.1. The van der Waals surface area contributed by atoms with Gasteiger partial charge in [-0.05, 0) is 38.1 Å². The van der Waals surface area contributed by atoms with Gasteiger partial charge in [0, 0.05) is 49.9 Å². The Kier molecular flexibility index (Phi) is 8.27. The molecule has 1 aromatic rings. The van der Waals surface area contributed by atoms with E-state index < -0.39 is 16.0 Å². The largest absolute Gasteiger partial charge is 0.373 e. The number of hydrogen-bond acceptors (Lipinski definition) is 6. The Morgan fingerprint density at radius 1 is 1.10 bits per heavy atom. The van der Waals surface area contributed by atoms with Crippen LogP contribution in [0.25, 0.3) is 0 Å². The van der Waals surface area contributed by atoms with Gasteiger partial charge in [-0.3, -0.25) is 9.69 Å². The summed E-state index contributed by atoms with van der Waals surface area (Å²) in [6.45, 7) is 6.06. The molecule has 2 saturated heterocycles. The molecule has 174 valence electrons. The first kappa shape index (κ1) is 24.3. The van der Waals surface area contributed by atoms with Crippen LogP contribution in [0.2, 0.25) is 0 Å². The summed E-state index contributed by atoms with van der Waals surface area (Å²) in [5.74, 6) is -2.72. The van der Waals surface area contributed by atoms with Crippen LogP contribution < -0.4 is 5.32 Å². The van der Waals surface area contributed by atoms with E-state index in [2.05, 4.69) is 5.32 Å². The van der Waals surface area contributed by atoms with Crippen molar-refractivity contribution in [3.8, 4) is 0 Å². The molecule has 2 aliphatic rings. The van der Waals surface area contributed by atoms with Crippen LogP contribution in [-0.4, -0.2) is 91.6 Å². The Morgan fingerprint density at radius 2 is 1.68 bits per heavy atom. The molecule has 2 unspecified atom stereocenters. The topological polar surface area (TPSA) is 82.2 Å². The van der Waals surface area contributed by atoms with Gasteiger partial charge in [0.15, 0.2) is 0 Å². The number of halogens is 2. The second-order valence-electron chi connectivity index (χ2n) is 7.71. The van der Waals surface area contributed by atoms with Crippen molar-refractivity contribution >= 4 is 33.6 Å². The standard InChI is InChI=1S/C19H28F2N4O4S2/c1-14-11-25(12-15(2)29-14)31(27,28)24-9-7-23(8-10-24)13-18(26)22-16-3-5-17(6-4-16)30-19(20)21/h3-6,14-15,19H,7-13H2,1-2H3,(H,22,26). The molecule has 12 heteroatoms. The normalized spacial score (nSPS) is 24.4. The molecule has 0 aliphatic carbocycles. The molecule has 2 fully saturated rings. The van der Waals surface area contributed by atoms with Gasteiger partial charge in [0.25, 0.3) is 16.0 Å². The van der Waals surface area contributed by atoms with Crippen molar-refractivity contribution in [3.63, 3.8) is 0 Å². The Balaban J connectivity index is 1.46. The summed E-state index contributed by atoms with van der Waals surface area (Å²) >= 11 is 0.449. The summed E-state index contributed by atoms with van der Waals surface area (Å²) in [6.07, 6.45) is -0.293. The number of carbonyl (C=O) groups excluding carboxylic acids is 1. The molecular weight excluding hydrogens is 450 g/mol. The highest BCUT2D eigenvalue weighted by Crippen LogP contribution is 2.26. The zero-order chi connectivity index (χ0) is 22.6. The molecule has 0 saturated carbocycles. The number of ether oxygens (including phenoxy) is 1. The molecule has 8 nitrogen and oxygen atoms in total. The van der Waals surface area contributed by atoms with E-state index in [1.54, 1.807) is 12.1 Å². The Morgan fingerprint density at radius 3 is 2.23 bits per heavy atom. The third-order valence-corrected chi connectivity index (χ3v) is 7.79. The van der Waals surface area contributed by atoms with E-state index in [9.17, 15) is 22.0 Å². The molecule has 0 bridgehead atoms. The molecule has 0 radical (unpaired) electrons. The maximum atomic E-state index is 12.9. The fourth-order valence-corrected chi connectivity index (χ4v) is 5.97. The maximum Gasteiger partial charge on any atom is 0.288 e. The van der Waals surface area contributed by atoms with E-state index in [1.165, 1.54) is 20.7 Å². The van der Waals surface area contributed by atoms with Gasteiger partial charge in [-0.15, -0.1) is 0 Å². The van der Waals surface area contributed by atoms with Crippen LogP contribution in [0.1, 0.15) is 13.8 Å². The van der Waals surface area contributed by atoms with Crippen LogP contribution in [0.5, 0.6) is 0 Å². The highest BCUT2D eigenvalue weighted by atomic mass is 32.2. The van der Waals surface area contributed by atoms with Crippen molar-refractivity contribution in [3.05, 3.63) is 24.3 Å². The Bertz CT molecular complexity index is 839. The minimum absolute atomic E-state index is 0.132. The molecule has 1 aromatic carbocycles. The molecule has 2 heterocycles. The highest BCUT2D eigenvalue weighted by molar-refractivity contribution is 7.99. The third-order valence-electron chi connectivity index (χ3n) is 5.10. The molecule has 3 rings (SSSR count). The van der Waals surface area contributed by atoms with Crippen LogP contribution >= 0.6 is 11.8 Å². The van der Waals surface area contributed by atoms with E-state index in [-0.39, 0.29) is 24.7 Å². The van der Waals surface area contributed by atoms with Crippen molar-refractivity contribution in [1.29, 1.82) is 0 Å². The van der Waals surface area contributed by atoms with Crippen LogP contribution in [-0.2, 0) is 19.7 Å². The van der Waals surface area contributed by atoms with Gasteiger partial charge in [-0.2, -0.15) is 25.8 Å². The summed E-state index contributed by atoms with van der Waals surface area (Å²) in [5, 5.41) is 2.74. The average Bonchev–Trinajstić information content (AvgIpc) is 2.69. The van der Waals surface area contributed by atoms with Crippen molar-refractivity contribution in [2.24, 2.45) is 0 Å². The molecule has 1 amide bonds. The monoisotopic (exact) mass is 478 g/mol. The highest BCUT2D eigenvalue weighted by Gasteiger charge is 2.36. The molecule has 31 heavy (non-hydrogen) atoms. The number of rotatable bonds is 7. The quantitative estimate of drug-likeness (QED) is 0.603. The number of carbonyl (C=O) groups is 1. The molecule has 2 atom stereocenters. The SMILES string of the molecule is CC1CN(S(=O)(=O)N2CCN(CC(=O)Nc3ccc(SC(F)F)cc3)CC2)CC(C)O1. The summed E-state index contributed by atoms with van der Waals surface area (Å²) < 4.78 is 59.2. The average molecular weight is 479 g/mol. The Labute approximate surface area is 186 Å². The first-order chi connectivity index (χ1) is 14.6. The van der Waals surface area contributed by atoms with E-state index in [0.29, 0.717) is 61.6 Å². The van der Waals surface area contributed by atoms with Gasteiger partial charge in [0.1, 0.15) is 0 Å². The minimum Gasteiger partial charge on any atom is -0.373 e. The van der Waals surface area contributed by atoms with Crippen molar-refractivity contribution in [2.75, 3.05) is 51.1 Å². The number of nitrogens with one attached hydrogen (secondary N) is 1. The molecular formula is C19H28F2N4O4S2. The van der Waals surface area contributed by atoms with Gasteiger partial charge < -0.3 is 10.1 Å². The molecule has 1 N–H and O–H groups in total. The second kappa shape index (κ2) is 10.5. The van der Waals surface area contributed by atoms with Crippen LogP contribution in [0.4, 0.5) is 14.5 Å². The number of benzene rings is 1. The molecule has 0 aromatic heterocycles. The van der Waals surface area contributed by atoms with Crippen molar-refractivity contribution in [1.82, 2.24) is 13.5 Å². The lowest BCUT2D eigenvalue weighted by molar-refractivity contribution is -0.117. The van der Waals surface area contributed by atoms with E-state index in [0.717, 1.165) is 0 Å².